The molecule has 150 valence electrons. The number of carbonyl (C=O) groups is 1. The Labute approximate surface area is 166 Å². The lowest BCUT2D eigenvalue weighted by atomic mass is 10.1. The molecule has 0 unspecified atom stereocenters. The molecule has 3 aromatic heterocycles. The fraction of sp³-hybridized carbons (Fsp3) is 0.350. The minimum atomic E-state index is -2.72. The van der Waals surface area contributed by atoms with Gasteiger partial charge in [-0.3, -0.25) is 19.7 Å². The van der Waals surface area contributed by atoms with Gasteiger partial charge in [-0.05, 0) is 32.0 Å². The quantitative estimate of drug-likeness (QED) is 0.677. The molecule has 4 rings (SSSR count). The van der Waals surface area contributed by atoms with Crippen LogP contribution in [0.1, 0.15) is 34.7 Å². The van der Waals surface area contributed by atoms with Crippen LogP contribution < -0.4 is 0 Å². The van der Waals surface area contributed by atoms with Crippen molar-refractivity contribution in [1.82, 2.24) is 29.6 Å². The third kappa shape index (κ3) is 3.98. The van der Waals surface area contributed by atoms with Gasteiger partial charge < -0.3 is 4.90 Å². The zero-order valence-electron chi connectivity index (χ0n) is 16.1. The molecule has 0 atom stereocenters. The molecule has 1 fully saturated rings. The lowest BCUT2D eigenvalue weighted by Crippen LogP contribution is -2.42. The van der Waals surface area contributed by atoms with Gasteiger partial charge in [0, 0.05) is 37.8 Å². The molecule has 7 nitrogen and oxygen atoms in total. The molecule has 0 saturated carbocycles. The number of pyridine rings is 1. The van der Waals surface area contributed by atoms with E-state index in [9.17, 15) is 13.6 Å². The number of aryl methyl sites for hydroxylation is 2. The van der Waals surface area contributed by atoms with Crippen LogP contribution in [0.15, 0.2) is 36.8 Å². The summed E-state index contributed by atoms with van der Waals surface area (Å²) in [5.74, 6) is -3.09. The molecule has 0 aromatic carbocycles. The molecule has 29 heavy (non-hydrogen) atoms. The summed E-state index contributed by atoms with van der Waals surface area (Å²) in [4.78, 5) is 27.3. The van der Waals surface area contributed by atoms with Gasteiger partial charge in [0.25, 0.3) is 11.8 Å². The van der Waals surface area contributed by atoms with Crippen LogP contribution in [0.3, 0.4) is 0 Å². The highest BCUT2D eigenvalue weighted by Crippen LogP contribution is 2.29. The van der Waals surface area contributed by atoms with Crippen LogP contribution >= 0.6 is 0 Å². The van der Waals surface area contributed by atoms with E-state index in [1.165, 1.54) is 4.90 Å². The van der Waals surface area contributed by atoms with Crippen LogP contribution in [0.4, 0.5) is 8.78 Å². The van der Waals surface area contributed by atoms with Crippen molar-refractivity contribution in [3.63, 3.8) is 0 Å². The Hall–Kier alpha value is -3.23. The first-order chi connectivity index (χ1) is 13.8. The van der Waals surface area contributed by atoms with E-state index in [0.29, 0.717) is 17.1 Å². The molecule has 1 amide bonds. The number of alkyl halides is 2. The van der Waals surface area contributed by atoms with Gasteiger partial charge in [0.1, 0.15) is 5.69 Å². The first-order valence-corrected chi connectivity index (χ1v) is 9.32. The predicted octanol–water partition coefficient (Wildman–Crippen LogP) is 3.21. The highest BCUT2D eigenvalue weighted by molar-refractivity contribution is 5.93. The highest BCUT2D eigenvalue weighted by Gasteiger charge is 2.36. The fourth-order valence-corrected chi connectivity index (χ4v) is 3.17. The molecule has 0 spiro atoms. The van der Waals surface area contributed by atoms with E-state index in [1.54, 1.807) is 29.3 Å². The van der Waals surface area contributed by atoms with Crippen molar-refractivity contribution in [3.05, 3.63) is 53.9 Å². The first kappa shape index (κ1) is 19.1. The number of hydrogen-bond donors (Lipinski definition) is 0. The normalized spacial score (nSPS) is 16.1. The Morgan fingerprint density at radius 2 is 1.72 bits per heavy atom. The summed E-state index contributed by atoms with van der Waals surface area (Å²) in [5.41, 5.74) is 3.58. The number of rotatable bonds is 3. The molecule has 0 aliphatic carbocycles. The van der Waals surface area contributed by atoms with E-state index in [1.807, 2.05) is 26.0 Å². The van der Waals surface area contributed by atoms with Crippen molar-refractivity contribution in [1.29, 1.82) is 0 Å². The summed E-state index contributed by atoms with van der Waals surface area (Å²) in [6, 6.07) is 5.31. The summed E-state index contributed by atoms with van der Waals surface area (Å²) in [6.45, 7) is 3.72. The zero-order valence-corrected chi connectivity index (χ0v) is 16.1. The average molecular weight is 398 g/mol. The lowest BCUT2D eigenvalue weighted by molar-refractivity contribution is -0.0495. The second-order valence-corrected chi connectivity index (χ2v) is 7.18. The van der Waals surface area contributed by atoms with Crippen molar-refractivity contribution in [2.45, 2.75) is 32.6 Å². The number of amides is 1. The van der Waals surface area contributed by atoms with Crippen molar-refractivity contribution in [2.75, 3.05) is 13.1 Å². The Kier molecular flexibility index (Phi) is 4.81. The maximum atomic E-state index is 13.4. The topological polar surface area (TPSA) is 76.8 Å². The summed E-state index contributed by atoms with van der Waals surface area (Å²) in [6.07, 6.45) is 4.23. The first-order valence-electron chi connectivity index (χ1n) is 9.32. The number of piperidine rings is 1. The molecule has 3 aromatic rings. The summed E-state index contributed by atoms with van der Waals surface area (Å²) in [7, 11) is 0. The number of nitrogens with zero attached hydrogens (tertiary/aromatic N) is 6. The van der Waals surface area contributed by atoms with Gasteiger partial charge in [-0.15, -0.1) is 0 Å². The van der Waals surface area contributed by atoms with E-state index in [0.717, 1.165) is 11.4 Å². The number of hydrogen-bond acceptors (Lipinski definition) is 5. The standard InChI is InChI=1S/C20H20F2N6O/c1-13-3-4-15(11-23-13)28-18(17-12-24-14(2)10-25-17)9-16(26-28)19(29)27-7-5-20(21,22)6-8-27/h3-4,9-12H,5-8H2,1-2H3. The van der Waals surface area contributed by atoms with Gasteiger partial charge in [0.05, 0.1) is 29.5 Å². The van der Waals surface area contributed by atoms with Crippen LogP contribution in [-0.2, 0) is 0 Å². The van der Waals surface area contributed by atoms with E-state index >= 15 is 0 Å². The van der Waals surface area contributed by atoms with Crippen LogP contribution in [0.5, 0.6) is 0 Å². The van der Waals surface area contributed by atoms with Gasteiger partial charge in [-0.2, -0.15) is 5.10 Å². The third-order valence-electron chi connectivity index (χ3n) is 4.89. The summed E-state index contributed by atoms with van der Waals surface area (Å²) >= 11 is 0. The molecule has 4 heterocycles. The summed E-state index contributed by atoms with van der Waals surface area (Å²) < 4.78 is 28.5. The SMILES string of the molecule is Cc1ccc(-n2nc(C(=O)N3CCC(F)(F)CC3)cc2-c2cnc(C)cn2)cn1. The highest BCUT2D eigenvalue weighted by atomic mass is 19.3. The molecule has 0 bridgehead atoms. The number of carbonyl (C=O) groups excluding carboxylic acids is 1. The number of likely N-dealkylation sites (tertiary alicyclic amines) is 1. The molecule has 1 saturated heterocycles. The predicted molar refractivity (Wildman–Crippen MR) is 102 cm³/mol. The number of halogens is 2. The van der Waals surface area contributed by atoms with E-state index in [2.05, 4.69) is 20.1 Å². The van der Waals surface area contributed by atoms with E-state index in [-0.39, 0.29) is 37.5 Å². The van der Waals surface area contributed by atoms with Crippen LogP contribution in [0, 0.1) is 13.8 Å². The second kappa shape index (κ2) is 7.31. The van der Waals surface area contributed by atoms with Crippen molar-refractivity contribution in [2.24, 2.45) is 0 Å². The fourth-order valence-electron chi connectivity index (χ4n) is 3.17. The largest absolute Gasteiger partial charge is 0.337 e. The lowest BCUT2D eigenvalue weighted by Gasteiger charge is -2.31. The minimum Gasteiger partial charge on any atom is -0.337 e. The van der Waals surface area contributed by atoms with Gasteiger partial charge >= 0.3 is 0 Å². The minimum absolute atomic E-state index is 0.00442. The van der Waals surface area contributed by atoms with E-state index < -0.39 is 5.92 Å². The molecule has 9 heteroatoms. The Balaban J connectivity index is 1.72. The molecule has 1 aliphatic heterocycles. The van der Waals surface area contributed by atoms with E-state index in [4.69, 9.17) is 0 Å². The van der Waals surface area contributed by atoms with Crippen LogP contribution in [0.25, 0.3) is 17.1 Å². The zero-order chi connectivity index (χ0) is 20.6. The smallest absolute Gasteiger partial charge is 0.274 e. The average Bonchev–Trinajstić information content (AvgIpc) is 3.14. The maximum absolute atomic E-state index is 13.4. The molecule has 0 N–H and O–H groups in total. The monoisotopic (exact) mass is 398 g/mol. The Bertz CT molecular complexity index is 957. The summed E-state index contributed by atoms with van der Waals surface area (Å²) in [5, 5.41) is 4.45. The number of aromatic nitrogens is 5. The second-order valence-electron chi connectivity index (χ2n) is 7.18. The van der Waals surface area contributed by atoms with Gasteiger partial charge in [0.2, 0.25) is 0 Å². The Morgan fingerprint density at radius 1 is 1.00 bits per heavy atom. The van der Waals surface area contributed by atoms with Crippen molar-refractivity contribution >= 4 is 5.91 Å². The van der Waals surface area contributed by atoms with Gasteiger partial charge in [-0.25, -0.2) is 13.5 Å². The van der Waals surface area contributed by atoms with Gasteiger partial charge in [-0.1, -0.05) is 0 Å². The van der Waals surface area contributed by atoms with Crippen LogP contribution in [-0.4, -0.2) is 54.6 Å². The van der Waals surface area contributed by atoms with Crippen molar-refractivity contribution in [3.8, 4) is 17.1 Å². The van der Waals surface area contributed by atoms with Crippen LogP contribution in [0.2, 0.25) is 0 Å². The molecular formula is C20H20F2N6O. The maximum Gasteiger partial charge on any atom is 0.274 e. The molecule has 1 aliphatic rings. The Morgan fingerprint density at radius 3 is 2.34 bits per heavy atom. The molecular weight excluding hydrogens is 378 g/mol. The van der Waals surface area contributed by atoms with Gasteiger partial charge in [0.15, 0.2) is 5.69 Å². The van der Waals surface area contributed by atoms with Crippen molar-refractivity contribution < 1.29 is 13.6 Å². The third-order valence-corrected chi connectivity index (χ3v) is 4.89. The molecule has 0 radical (unpaired) electrons.